The average molecular weight is 407 g/mol. The van der Waals surface area contributed by atoms with Gasteiger partial charge in [-0.15, -0.1) is 0 Å². The summed E-state index contributed by atoms with van der Waals surface area (Å²) in [6, 6.07) is 16.0. The predicted octanol–water partition coefficient (Wildman–Crippen LogP) is 4.86. The number of hydrogen-bond donors (Lipinski definition) is 2. The number of rotatable bonds is 5. The minimum Gasteiger partial charge on any atom is -0.326 e. The molecule has 0 saturated carbocycles. The van der Waals surface area contributed by atoms with E-state index in [0.717, 1.165) is 10.1 Å². The van der Waals surface area contributed by atoms with Crippen LogP contribution in [0.2, 0.25) is 0 Å². The minimum atomic E-state index is -0.517. The molecule has 2 amide bonds. The summed E-state index contributed by atoms with van der Waals surface area (Å²) in [6.07, 6.45) is 3.36. The molecule has 0 aliphatic carbocycles. The van der Waals surface area contributed by atoms with E-state index >= 15 is 0 Å². The van der Waals surface area contributed by atoms with Crippen LogP contribution < -0.4 is 10.6 Å². The third-order valence-electron chi connectivity index (χ3n) is 3.90. The van der Waals surface area contributed by atoms with Gasteiger partial charge in [0.15, 0.2) is 0 Å². The Morgan fingerprint density at radius 3 is 2.31 bits per heavy atom. The Kier molecular flexibility index (Phi) is 6.29. The van der Waals surface area contributed by atoms with Crippen LogP contribution in [0, 0.1) is 5.41 Å². The highest BCUT2D eigenvalue weighted by molar-refractivity contribution is 7.99. The molecule has 0 radical (unpaired) electrons. The van der Waals surface area contributed by atoms with Crippen molar-refractivity contribution in [2.24, 2.45) is 5.41 Å². The molecule has 0 bridgehead atoms. The highest BCUT2D eigenvalue weighted by Gasteiger charge is 2.21. The van der Waals surface area contributed by atoms with Crippen LogP contribution in [0.1, 0.15) is 31.1 Å². The van der Waals surface area contributed by atoms with E-state index in [-0.39, 0.29) is 11.8 Å². The van der Waals surface area contributed by atoms with Gasteiger partial charge in [-0.25, -0.2) is 9.97 Å². The standard InChI is InChI=1S/C22H22N4O2S/c1-22(2,3)21(28)26-16-8-6-7-15(13-16)20(27)25-17-10-12-24-19(14-17)29-18-9-4-5-11-23-18/h4-14H,1-3H3,(H,26,28)(H,24,25,27). The second-order valence-electron chi connectivity index (χ2n) is 7.39. The second-order valence-corrected chi connectivity index (χ2v) is 8.43. The van der Waals surface area contributed by atoms with E-state index in [9.17, 15) is 9.59 Å². The Labute approximate surface area is 174 Å². The third kappa shape index (κ3) is 5.89. The number of pyridine rings is 2. The topological polar surface area (TPSA) is 84.0 Å². The van der Waals surface area contributed by atoms with Gasteiger partial charge >= 0.3 is 0 Å². The van der Waals surface area contributed by atoms with Gasteiger partial charge < -0.3 is 10.6 Å². The first-order valence-corrected chi connectivity index (χ1v) is 9.91. The molecule has 0 atom stereocenters. The Morgan fingerprint density at radius 2 is 1.59 bits per heavy atom. The van der Waals surface area contributed by atoms with Crippen LogP contribution in [0.5, 0.6) is 0 Å². The van der Waals surface area contributed by atoms with Gasteiger partial charge in [-0.3, -0.25) is 9.59 Å². The molecule has 7 heteroatoms. The van der Waals surface area contributed by atoms with Gasteiger partial charge in [0.2, 0.25) is 5.91 Å². The molecule has 29 heavy (non-hydrogen) atoms. The number of anilines is 2. The van der Waals surface area contributed by atoms with Crippen LogP contribution >= 0.6 is 11.8 Å². The van der Waals surface area contributed by atoms with Crippen molar-refractivity contribution in [3.63, 3.8) is 0 Å². The molecular weight excluding hydrogens is 384 g/mol. The molecule has 2 N–H and O–H groups in total. The smallest absolute Gasteiger partial charge is 0.255 e. The van der Waals surface area contributed by atoms with Gasteiger partial charge in [-0.2, -0.15) is 0 Å². The third-order valence-corrected chi connectivity index (χ3v) is 4.79. The lowest BCUT2D eigenvalue weighted by Gasteiger charge is -2.18. The zero-order valence-corrected chi connectivity index (χ0v) is 17.3. The maximum atomic E-state index is 12.7. The molecule has 2 aromatic heterocycles. The van der Waals surface area contributed by atoms with Crippen molar-refractivity contribution in [3.8, 4) is 0 Å². The van der Waals surface area contributed by atoms with Gasteiger partial charge in [0.05, 0.1) is 0 Å². The molecule has 0 aliphatic heterocycles. The number of nitrogens with one attached hydrogen (secondary N) is 2. The summed E-state index contributed by atoms with van der Waals surface area (Å²) in [5, 5.41) is 7.26. The summed E-state index contributed by atoms with van der Waals surface area (Å²) < 4.78 is 0. The average Bonchev–Trinajstić information content (AvgIpc) is 2.68. The Balaban J connectivity index is 1.70. The predicted molar refractivity (Wildman–Crippen MR) is 115 cm³/mol. The van der Waals surface area contributed by atoms with Crippen LogP contribution in [-0.2, 0) is 4.79 Å². The first-order chi connectivity index (χ1) is 13.8. The van der Waals surface area contributed by atoms with Crippen molar-refractivity contribution < 1.29 is 9.59 Å². The zero-order valence-electron chi connectivity index (χ0n) is 16.5. The maximum Gasteiger partial charge on any atom is 0.255 e. The largest absolute Gasteiger partial charge is 0.326 e. The number of benzene rings is 1. The molecule has 0 spiro atoms. The molecule has 0 unspecified atom stereocenters. The number of carbonyl (C=O) groups excluding carboxylic acids is 2. The summed E-state index contributed by atoms with van der Waals surface area (Å²) >= 11 is 1.42. The molecule has 2 heterocycles. The molecule has 1 aromatic carbocycles. The number of nitrogens with zero attached hydrogens (tertiary/aromatic N) is 2. The first-order valence-electron chi connectivity index (χ1n) is 9.09. The number of aromatic nitrogens is 2. The molecule has 0 aliphatic rings. The quantitative estimate of drug-likeness (QED) is 0.632. The number of amides is 2. The van der Waals surface area contributed by atoms with E-state index in [4.69, 9.17) is 0 Å². The normalized spacial score (nSPS) is 11.0. The summed E-state index contributed by atoms with van der Waals surface area (Å²) in [5.74, 6) is -0.378. The van der Waals surface area contributed by atoms with E-state index in [1.54, 1.807) is 48.8 Å². The maximum absolute atomic E-state index is 12.7. The number of carbonyl (C=O) groups is 2. The molecule has 0 saturated heterocycles. The van der Waals surface area contributed by atoms with E-state index < -0.39 is 5.41 Å². The lowest BCUT2D eigenvalue weighted by atomic mass is 9.95. The summed E-state index contributed by atoms with van der Waals surface area (Å²) in [5.41, 5.74) is 1.15. The van der Waals surface area contributed by atoms with Crippen molar-refractivity contribution in [3.05, 3.63) is 72.6 Å². The summed E-state index contributed by atoms with van der Waals surface area (Å²) in [4.78, 5) is 33.4. The van der Waals surface area contributed by atoms with Crippen molar-refractivity contribution in [1.29, 1.82) is 0 Å². The SMILES string of the molecule is CC(C)(C)C(=O)Nc1cccc(C(=O)Nc2ccnc(Sc3ccccn3)c2)c1. The first kappa shape index (κ1) is 20.5. The van der Waals surface area contributed by atoms with Crippen LogP contribution in [0.15, 0.2) is 77.0 Å². The molecule has 6 nitrogen and oxygen atoms in total. The van der Waals surface area contributed by atoms with Crippen molar-refractivity contribution in [2.75, 3.05) is 10.6 Å². The second kappa shape index (κ2) is 8.87. The van der Waals surface area contributed by atoms with Crippen molar-refractivity contribution >= 4 is 35.0 Å². The van der Waals surface area contributed by atoms with Gasteiger partial charge in [-0.1, -0.05) is 44.7 Å². The fourth-order valence-corrected chi connectivity index (χ4v) is 3.09. The van der Waals surface area contributed by atoms with E-state index in [0.29, 0.717) is 16.9 Å². The Hall–Kier alpha value is -3.19. The van der Waals surface area contributed by atoms with E-state index in [1.165, 1.54) is 11.8 Å². The van der Waals surface area contributed by atoms with Crippen molar-refractivity contribution in [2.45, 2.75) is 30.8 Å². The van der Waals surface area contributed by atoms with Crippen LogP contribution in [0.3, 0.4) is 0 Å². The molecule has 3 rings (SSSR count). The van der Waals surface area contributed by atoms with Crippen molar-refractivity contribution in [1.82, 2.24) is 9.97 Å². The van der Waals surface area contributed by atoms with Crippen LogP contribution in [0.25, 0.3) is 0 Å². The van der Waals surface area contributed by atoms with E-state index in [2.05, 4.69) is 20.6 Å². The lowest BCUT2D eigenvalue weighted by molar-refractivity contribution is -0.123. The molecular formula is C22H22N4O2S. The Bertz CT molecular complexity index is 1020. The fourth-order valence-electron chi connectivity index (χ4n) is 2.32. The van der Waals surface area contributed by atoms with Gasteiger partial charge in [-0.05, 0) is 42.5 Å². The summed E-state index contributed by atoms with van der Waals surface area (Å²) in [7, 11) is 0. The molecule has 0 fully saturated rings. The molecule has 3 aromatic rings. The molecule has 148 valence electrons. The van der Waals surface area contributed by atoms with Gasteiger partial charge in [0, 0.05) is 34.7 Å². The van der Waals surface area contributed by atoms with Gasteiger partial charge in [0.25, 0.3) is 5.91 Å². The monoisotopic (exact) mass is 406 g/mol. The highest BCUT2D eigenvalue weighted by Crippen LogP contribution is 2.26. The van der Waals surface area contributed by atoms with Crippen LogP contribution in [-0.4, -0.2) is 21.8 Å². The number of hydrogen-bond acceptors (Lipinski definition) is 5. The highest BCUT2D eigenvalue weighted by atomic mass is 32.2. The van der Waals surface area contributed by atoms with Gasteiger partial charge in [0.1, 0.15) is 10.1 Å². The Morgan fingerprint density at radius 1 is 0.828 bits per heavy atom. The lowest BCUT2D eigenvalue weighted by Crippen LogP contribution is -2.27. The minimum absolute atomic E-state index is 0.111. The summed E-state index contributed by atoms with van der Waals surface area (Å²) in [6.45, 7) is 5.51. The fraction of sp³-hybridized carbons (Fsp3) is 0.182. The zero-order chi connectivity index (χ0) is 20.9. The van der Waals surface area contributed by atoms with E-state index in [1.807, 2.05) is 39.0 Å². The van der Waals surface area contributed by atoms with Crippen LogP contribution in [0.4, 0.5) is 11.4 Å².